The number of hydrogen-bond acceptors (Lipinski definition) is 4. The summed E-state index contributed by atoms with van der Waals surface area (Å²) in [5, 5.41) is 0. The SMILES string of the molecule is COc1cccc(S(=O)(=O)NC2CCOCC2)c1. The Bertz CT molecular complexity index is 495. The minimum atomic E-state index is -3.48. The van der Waals surface area contributed by atoms with Gasteiger partial charge in [0.1, 0.15) is 5.75 Å². The summed E-state index contributed by atoms with van der Waals surface area (Å²) in [6, 6.07) is 6.41. The van der Waals surface area contributed by atoms with Gasteiger partial charge in [0.05, 0.1) is 12.0 Å². The lowest BCUT2D eigenvalue weighted by atomic mass is 10.1. The van der Waals surface area contributed by atoms with E-state index >= 15 is 0 Å². The molecule has 1 N–H and O–H groups in total. The van der Waals surface area contributed by atoms with Gasteiger partial charge < -0.3 is 9.47 Å². The van der Waals surface area contributed by atoms with Gasteiger partial charge in [-0.15, -0.1) is 0 Å². The fraction of sp³-hybridized carbons (Fsp3) is 0.500. The summed E-state index contributed by atoms with van der Waals surface area (Å²) in [4.78, 5) is 0.230. The number of sulfonamides is 1. The number of methoxy groups -OCH3 is 1. The summed E-state index contributed by atoms with van der Waals surface area (Å²) >= 11 is 0. The predicted molar refractivity (Wildman–Crippen MR) is 67.2 cm³/mol. The molecule has 1 aliphatic rings. The van der Waals surface area contributed by atoms with Gasteiger partial charge in [-0.2, -0.15) is 0 Å². The molecule has 0 atom stereocenters. The summed E-state index contributed by atoms with van der Waals surface area (Å²) in [5.74, 6) is 0.532. The molecular weight excluding hydrogens is 254 g/mol. The van der Waals surface area contributed by atoms with E-state index in [1.54, 1.807) is 18.2 Å². The van der Waals surface area contributed by atoms with Gasteiger partial charge in [0, 0.05) is 25.3 Å². The van der Waals surface area contributed by atoms with Crippen LogP contribution in [0.3, 0.4) is 0 Å². The van der Waals surface area contributed by atoms with Gasteiger partial charge in [-0.3, -0.25) is 0 Å². The normalized spacial score (nSPS) is 17.6. The number of rotatable bonds is 4. The highest BCUT2D eigenvalue weighted by Gasteiger charge is 2.22. The zero-order valence-electron chi connectivity index (χ0n) is 10.3. The van der Waals surface area contributed by atoms with E-state index in [9.17, 15) is 8.42 Å². The van der Waals surface area contributed by atoms with Gasteiger partial charge >= 0.3 is 0 Å². The second-order valence-corrected chi connectivity index (χ2v) is 5.90. The van der Waals surface area contributed by atoms with Crippen molar-refractivity contribution in [2.75, 3.05) is 20.3 Å². The van der Waals surface area contributed by atoms with Gasteiger partial charge in [-0.1, -0.05) is 6.07 Å². The molecule has 1 fully saturated rings. The van der Waals surface area contributed by atoms with E-state index in [2.05, 4.69) is 4.72 Å². The molecule has 1 saturated heterocycles. The Morgan fingerprint density at radius 2 is 2.06 bits per heavy atom. The van der Waals surface area contributed by atoms with Crippen molar-refractivity contribution in [3.63, 3.8) is 0 Å². The molecule has 0 aromatic heterocycles. The quantitative estimate of drug-likeness (QED) is 0.892. The highest BCUT2D eigenvalue weighted by atomic mass is 32.2. The Labute approximate surface area is 107 Å². The largest absolute Gasteiger partial charge is 0.497 e. The monoisotopic (exact) mass is 271 g/mol. The molecule has 0 spiro atoms. The zero-order chi connectivity index (χ0) is 13.0. The van der Waals surface area contributed by atoms with Gasteiger partial charge in [0.25, 0.3) is 0 Å². The topological polar surface area (TPSA) is 64.6 Å². The summed E-state index contributed by atoms with van der Waals surface area (Å²) in [6.45, 7) is 1.20. The lowest BCUT2D eigenvalue weighted by molar-refractivity contribution is 0.0832. The highest BCUT2D eigenvalue weighted by Crippen LogP contribution is 2.18. The molecular formula is C12H17NO4S. The molecule has 1 heterocycles. The molecule has 100 valence electrons. The van der Waals surface area contributed by atoms with Crippen molar-refractivity contribution < 1.29 is 17.9 Å². The standard InChI is InChI=1S/C12H17NO4S/c1-16-11-3-2-4-12(9-11)18(14,15)13-10-5-7-17-8-6-10/h2-4,9-10,13H,5-8H2,1H3. The third-order valence-corrected chi connectivity index (χ3v) is 4.41. The first kappa shape index (κ1) is 13.3. The van der Waals surface area contributed by atoms with Crippen LogP contribution in [0.25, 0.3) is 0 Å². The lowest BCUT2D eigenvalue weighted by Gasteiger charge is -2.23. The van der Waals surface area contributed by atoms with E-state index < -0.39 is 10.0 Å². The Hall–Kier alpha value is -1.11. The Balaban J connectivity index is 2.13. The molecule has 1 aromatic rings. The van der Waals surface area contributed by atoms with Crippen LogP contribution in [0.5, 0.6) is 5.75 Å². The van der Waals surface area contributed by atoms with Crippen LogP contribution in [0.4, 0.5) is 0 Å². The maximum atomic E-state index is 12.2. The third-order valence-electron chi connectivity index (χ3n) is 2.89. The van der Waals surface area contributed by atoms with E-state index in [0.717, 1.165) is 0 Å². The molecule has 0 unspecified atom stereocenters. The number of hydrogen-bond donors (Lipinski definition) is 1. The van der Waals surface area contributed by atoms with Crippen LogP contribution >= 0.6 is 0 Å². The minimum Gasteiger partial charge on any atom is -0.497 e. The van der Waals surface area contributed by atoms with Crippen molar-refractivity contribution in [3.05, 3.63) is 24.3 Å². The second-order valence-electron chi connectivity index (χ2n) is 4.19. The van der Waals surface area contributed by atoms with Crippen LogP contribution in [0.2, 0.25) is 0 Å². The van der Waals surface area contributed by atoms with E-state index in [-0.39, 0.29) is 10.9 Å². The fourth-order valence-corrected chi connectivity index (χ4v) is 3.21. The van der Waals surface area contributed by atoms with Crippen LogP contribution in [-0.2, 0) is 14.8 Å². The third kappa shape index (κ3) is 3.22. The summed E-state index contributed by atoms with van der Waals surface area (Å²) in [7, 11) is -1.97. The summed E-state index contributed by atoms with van der Waals surface area (Å²) in [5.41, 5.74) is 0. The van der Waals surface area contributed by atoms with E-state index in [1.807, 2.05) is 0 Å². The molecule has 1 aliphatic heterocycles. The van der Waals surface area contributed by atoms with Crippen molar-refractivity contribution in [3.8, 4) is 5.75 Å². The lowest BCUT2D eigenvalue weighted by Crippen LogP contribution is -2.38. The molecule has 18 heavy (non-hydrogen) atoms. The summed E-state index contributed by atoms with van der Waals surface area (Å²) < 4.78 is 37.3. The smallest absolute Gasteiger partial charge is 0.240 e. The molecule has 1 aromatic carbocycles. The Kier molecular flexibility index (Phi) is 4.21. The molecule has 0 aliphatic carbocycles. The van der Waals surface area contributed by atoms with Gasteiger partial charge in [0.2, 0.25) is 10.0 Å². The Morgan fingerprint density at radius 1 is 1.33 bits per heavy atom. The Morgan fingerprint density at radius 3 is 2.72 bits per heavy atom. The minimum absolute atomic E-state index is 0.0463. The second kappa shape index (κ2) is 5.69. The first-order valence-corrected chi connectivity index (χ1v) is 7.34. The molecule has 0 radical (unpaired) electrons. The molecule has 5 nitrogen and oxygen atoms in total. The highest BCUT2D eigenvalue weighted by molar-refractivity contribution is 7.89. The van der Waals surface area contributed by atoms with Crippen molar-refractivity contribution in [1.82, 2.24) is 4.72 Å². The first-order valence-electron chi connectivity index (χ1n) is 5.86. The van der Waals surface area contributed by atoms with Crippen molar-refractivity contribution in [2.45, 2.75) is 23.8 Å². The van der Waals surface area contributed by atoms with Crippen molar-refractivity contribution >= 4 is 10.0 Å². The molecule has 0 amide bonds. The molecule has 6 heteroatoms. The van der Waals surface area contributed by atoms with E-state index in [0.29, 0.717) is 31.8 Å². The van der Waals surface area contributed by atoms with Crippen LogP contribution in [-0.4, -0.2) is 34.8 Å². The van der Waals surface area contributed by atoms with Gasteiger partial charge in [-0.25, -0.2) is 13.1 Å². The maximum Gasteiger partial charge on any atom is 0.240 e. The predicted octanol–water partition coefficient (Wildman–Crippen LogP) is 1.15. The van der Waals surface area contributed by atoms with Crippen LogP contribution in [0.1, 0.15) is 12.8 Å². The number of benzene rings is 1. The molecule has 0 bridgehead atoms. The maximum absolute atomic E-state index is 12.2. The van der Waals surface area contributed by atoms with Crippen molar-refractivity contribution in [2.24, 2.45) is 0 Å². The van der Waals surface area contributed by atoms with Crippen LogP contribution < -0.4 is 9.46 Å². The average molecular weight is 271 g/mol. The van der Waals surface area contributed by atoms with Crippen LogP contribution in [0.15, 0.2) is 29.2 Å². The van der Waals surface area contributed by atoms with E-state index in [1.165, 1.54) is 13.2 Å². The summed E-state index contributed by atoms with van der Waals surface area (Å²) in [6.07, 6.45) is 1.42. The fourth-order valence-electron chi connectivity index (χ4n) is 1.87. The van der Waals surface area contributed by atoms with Crippen molar-refractivity contribution in [1.29, 1.82) is 0 Å². The zero-order valence-corrected chi connectivity index (χ0v) is 11.1. The van der Waals surface area contributed by atoms with Crippen LogP contribution in [0, 0.1) is 0 Å². The molecule has 0 saturated carbocycles. The average Bonchev–Trinajstić information content (AvgIpc) is 2.39. The number of ether oxygens (including phenoxy) is 2. The first-order chi connectivity index (χ1) is 8.62. The molecule has 2 rings (SSSR count). The van der Waals surface area contributed by atoms with Gasteiger partial charge in [-0.05, 0) is 25.0 Å². The van der Waals surface area contributed by atoms with Gasteiger partial charge in [0.15, 0.2) is 0 Å². The number of nitrogens with one attached hydrogen (secondary N) is 1. The van der Waals surface area contributed by atoms with E-state index in [4.69, 9.17) is 9.47 Å².